The fourth-order valence-electron chi connectivity index (χ4n) is 1.11. The van der Waals surface area contributed by atoms with E-state index in [1.807, 2.05) is 39.0 Å². The molecule has 0 radical (unpaired) electrons. The summed E-state index contributed by atoms with van der Waals surface area (Å²) in [6.07, 6.45) is -0.138. The van der Waals surface area contributed by atoms with Crippen molar-refractivity contribution in [2.75, 3.05) is 6.61 Å². The van der Waals surface area contributed by atoms with Gasteiger partial charge in [-0.1, -0.05) is 12.1 Å². The van der Waals surface area contributed by atoms with Gasteiger partial charge < -0.3 is 9.84 Å². The fourth-order valence-corrected chi connectivity index (χ4v) is 1.11. The van der Waals surface area contributed by atoms with E-state index in [-0.39, 0.29) is 12.7 Å². The molecule has 1 aromatic carbocycles. The third kappa shape index (κ3) is 2.46. The standard InChI is InChI=1S/C11H16O2/c1-8-5-4-6-11(10(8)3)13-9(2)7-12/h4-6,9,12H,7H2,1-3H3/t9-/m0/s1. The van der Waals surface area contributed by atoms with Gasteiger partial charge in [-0.3, -0.25) is 0 Å². The molecule has 13 heavy (non-hydrogen) atoms. The average Bonchev–Trinajstić information content (AvgIpc) is 2.13. The smallest absolute Gasteiger partial charge is 0.123 e. The largest absolute Gasteiger partial charge is 0.488 e. The molecule has 0 aliphatic heterocycles. The van der Waals surface area contributed by atoms with Crippen molar-refractivity contribution in [3.05, 3.63) is 29.3 Å². The highest BCUT2D eigenvalue weighted by Gasteiger charge is 2.05. The van der Waals surface area contributed by atoms with Crippen LogP contribution in [-0.4, -0.2) is 17.8 Å². The van der Waals surface area contributed by atoms with Crippen LogP contribution in [0.4, 0.5) is 0 Å². The van der Waals surface area contributed by atoms with E-state index in [0.29, 0.717) is 0 Å². The minimum absolute atomic E-state index is 0.0490. The molecule has 0 bridgehead atoms. The lowest BCUT2D eigenvalue weighted by atomic mass is 10.1. The molecule has 0 heterocycles. The Morgan fingerprint density at radius 1 is 1.38 bits per heavy atom. The van der Waals surface area contributed by atoms with Crippen molar-refractivity contribution in [2.45, 2.75) is 26.9 Å². The third-order valence-corrected chi connectivity index (χ3v) is 2.14. The van der Waals surface area contributed by atoms with Crippen LogP contribution in [-0.2, 0) is 0 Å². The van der Waals surface area contributed by atoms with Crippen molar-refractivity contribution in [3.63, 3.8) is 0 Å². The van der Waals surface area contributed by atoms with Gasteiger partial charge in [-0.2, -0.15) is 0 Å². The second kappa shape index (κ2) is 4.28. The molecule has 0 amide bonds. The molecule has 1 rings (SSSR count). The summed E-state index contributed by atoms with van der Waals surface area (Å²) in [5.41, 5.74) is 2.35. The lowest BCUT2D eigenvalue weighted by molar-refractivity contribution is 0.129. The van der Waals surface area contributed by atoms with Crippen LogP contribution in [0.2, 0.25) is 0 Å². The van der Waals surface area contributed by atoms with Crippen molar-refractivity contribution < 1.29 is 9.84 Å². The summed E-state index contributed by atoms with van der Waals surface area (Å²) >= 11 is 0. The average molecular weight is 180 g/mol. The van der Waals surface area contributed by atoms with Crippen LogP contribution in [0.1, 0.15) is 18.1 Å². The Hall–Kier alpha value is -1.02. The highest BCUT2D eigenvalue weighted by atomic mass is 16.5. The number of aryl methyl sites for hydroxylation is 1. The van der Waals surface area contributed by atoms with Gasteiger partial charge in [0.05, 0.1) is 6.61 Å². The van der Waals surface area contributed by atoms with Crippen LogP contribution in [0.5, 0.6) is 5.75 Å². The zero-order valence-corrected chi connectivity index (χ0v) is 8.37. The summed E-state index contributed by atoms with van der Waals surface area (Å²) in [6, 6.07) is 5.93. The van der Waals surface area contributed by atoms with Gasteiger partial charge in [-0.15, -0.1) is 0 Å². The van der Waals surface area contributed by atoms with E-state index in [9.17, 15) is 0 Å². The predicted octanol–water partition coefficient (Wildman–Crippen LogP) is 2.06. The predicted molar refractivity (Wildman–Crippen MR) is 53.1 cm³/mol. The molecule has 0 aromatic heterocycles. The van der Waals surface area contributed by atoms with Crippen molar-refractivity contribution in [1.82, 2.24) is 0 Å². The first-order valence-electron chi connectivity index (χ1n) is 4.49. The van der Waals surface area contributed by atoms with E-state index >= 15 is 0 Å². The minimum atomic E-state index is -0.138. The maximum absolute atomic E-state index is 8.83. The van der Waals surface area contributed by atoms with E-state index in [1.54, 1.807) is 0 Å². The maximum Gasteiger partial charge on any atom is 0.123 e. The number of hydrogen-bond acceptors (Lipinski definition) is 2. The molecule has 0 spiro atoms. The molecule has 2 heteroatoms. The molecule has 72 valence electrons. The maximum atomic E-state index is 8.83. The molecular formula is C11H16O2. The van der Waals surface area contributed by atoms with E-state index in [1.165, 1.54) is 5.56 Å². The van der Waals surface area contributed by atoms with Gasteiger partial charge in [0.2, 0.25) is 0 Å². The minimum Gasteiger partial charge on any atom is -0.488 e. The zero-order chi connectivity index (χ0) is 9.84. The lowest BCUT2D eigenvalue weighted by Crippen LogP contribution is -2.16. The molecule has 1 N–H and O–H groups in total. The van der Waals surface area contributed by atoms with E-state index in [4.69, 9.17) is 9.84 Å². The summed E-state index contributed by atoms with van der Waals surface area (Å²) < 4.78 is 5.53. The highest BCUT2D eigenvalue weighted by Crippen LogP contribution is 2.21. The van der Waals surface area contributed by atoms with Gasteiger partial charge >= 0.3 is 0 Å². The SMILES string of the molecule is Cc1cccc(O[C@@H](C)CO)c1C. The van der Waals surface area contributed by atoms with Gasteiger partial charge in [0, 0.05) is 0 Å². The quantitative estimate of drug-likeness (QED) is 0.771. The van der Waals surface area contributed by atoms with Crippen molar-refractivity contribution in [3.8, 4) is 5.75 Å². The number of hydrogen-bond donors (Lipinski definition) is 1. The summed E-state index contributed by atoms with van der Waals surface area (Å²) in [6.45, 7) is 5.97. The first kappa shape index (κ1) is 10.1. The van der Waals surface area contributed by atoms with Crippen molar-refractivity contribution in [1.29, 1.82) is 0 Å². The molecule has 0 fully saturated rings. The van der Waals surface area contributed by atoms with Gasteiger partial charge in [-0.05, 0) is 38.0 Å². The summed E-state index contributed by atoms with van der Waals surface area (Å²) in [5.74, 6) is 0.863. The third-order valence-electron chi connectivity index (χ3n) is 2.14. The first-order chi connectivity index (χ1) is 6.15. The zero-order valence-electron chi connectivity index (χ0n) is 8.37. The van der Waals surface area contributed by atoms with E-state index in [2.05, 4.69) is 0 Å². The molecule has 2 nitrogen and oxygen atoms in total. The Labute approximate surface area is 79.2 Å². The van der Waals surface area contributed by atoms with Crippen molar-refractivity contribution >= 4 is 0 Å². The van der Waals surface area contributed by atoms with Gasteiger partial charge in [0.1, 0.15) is 11.9 Å². The van der Waals surface area contributed by atoms with Gasteiger partial charge in [0.15, 0.2) is 0 Å². The van der Waals surface area contributed by atoms with Gasteiger partial charge in [-0.25, -0.2) is 0 Å². The van der Waals surface area contributed by atoms with Gasteiger partial charge in [0.25, 0.3) is 0 Å². The molecule has 0 aliphatic rings. The summed E-state index contributed by atoms with van der Waals surface area (Å²) in [7, 11) is 0. The van der Waals surface area contributed by atoms with E-state index < -0.39 is 0 Å². The second-order valence-electron chi connectivity index (χ2n) is 3.31. The monoisotopic (exact) mass is 180 g/mol. The highest BCUT2D eigenvalue weighted by molar-refractivity contribution is 5.38. The molecular weight excluding hydrogens is 164 g/mol. The van der Waals surface area contributed by atoms with Crippen LogP contribution >= 0.6 is 0 Å². The number of aliphatic hydroxyl groups is 1. The van der Waals surface area contributed by atoms with Crippen LogP contribution < -0.4 is 4.74 Å². The Morgan fingerprint density at radius 3 is 2.69 bits per heavy atom. The van der Waals surface area contributed by atoms with Crippen LogP contribution in [0.15, 0.2) is 18.2 Å². The first-order valence-corrected chi connectivity index (χ1v) is 4.49. The molecule has 0 saturated carbocycles. The Morgan fingerprint density at radius 2 is 2.08 bits per heavy atom. The van der Waals surface area contributed by atoms with Crippen molar-refractivity contribution in [2.24, 2.45) is 0 Å². The Bertz CT molecular complexity index is 281. The topological polar surface area (TPSA) is 29.5 Å². The number of aliphatic hydroxyl groups excluding tert-OH is 1. The second-order valence-corrected chi connectivity index (χ2v) is 3.31. The molecule has 0 saturated heterocycles. The number of benzene rings is 1. The van der Waals surface area contributed by atoms with Crippen LogP contribution in [0.3, 0.4) is 0 Å². The van der Waals surface area contributed by atoms with E-state index in [0.717, 1.165) is 11.3 Å². The Balaban J connectivity index is 2.83. The molecule has 1 atom stereocenters. The molecule has 1 aromatic rings. The summed E-state index contributed by atoms with van der Waals surface area (Å²) in [4.78, 5) is 0. The van der Waals surface area contributed by atoms with Crippen LogP contribution in [0, 0.1) is 13.8 Å². The lowest BCUT2D eigenvalue weighted by Gasteiger charge is -2.14. The molecule has 0 unspecified atom stereocenters. The number of rotatable bonds is 3. The fraction of sp³-hybridized carbons (Fsp3) is 0.455. The summed E-state index contributed by atoms with van der Waals surface area (Å²) in [5, 5.41) is 8.83. The molecule has 0 aliphatic carbocycles. The van der Waals surface area contributed by atoms with Crippen LogP contribution in [0.25, 0.3) is 0 Å². The number of ether oxygens (including phenoxy) is 1. The Kier molecular flexibility index (Phi) is 3.32. The normalized spacial score (nSPS) is 12.6.